The summed E-state index contributed by atoms with van der Waals surface area (Å²) in [7, 11) is 0. The Morgan fingerprint density at radius 1 is 1.06 bits per heavy atom. The molecule has 12 heteroatoms. The van der Waals surface area contributed by atoms with Crippen LogP contribution in [0.25, 0.3) is 0 Å². The van der Waals surface area contributed by atoms with Gasteiger partial charge in [0.05, 0.1) is 10.5 Å². The van der Waals surface area contributed by atoms with Crippen LogP contribution in [0.1, 0.15) is 10.4 Å². The number of nitrogens with zero attached hydrogens (tertiary/aromatic N) is 3. The van der Waals surface area contributed by atoms with Crippen LogP contribution >= 0.6 is 0 Å². The first kappa shape index (κ1) is 19.8. The van der Waals surface area contributed by atoms with Crippen molar-refractivity contribution in [2.75, 3.05) is 24.0 Å². The van der Waals surface area contributed by atoms with Crippen molar-refractivity contribution >= 4 is 28.9 Å². The fraction of sp³-hybridized carbons (Fsp3) is 0.105. The van der Waals surface area contributed by atoms with Crippen molar-refractivity contribution in [2.24, 2.45) is 0 Å². The number of benzene rings is 2. The van der Waals surface area contributed by atoms with Crippen LogP contribution in [0.3, 0.4) is 0 Å². The summed E-state index contributed by atoms with van der Waals surface area (Å²) < 4.78 is 24.7. The Morgan fingerprint density at radius 3 is 2.58 bits per heavy atom. The van der Waals surface area contributed by atoms with Gasteiger partial charge < -0.3 is 14.8 Å². The molecule has 2 heterocycles. The predicted molar refractivity (Wildman–Crippen MR) is 107 cm³/mol. The minimum Gasteiger partial charge on any atom is -0.486 e. The normalized spacial score (nSPS) is 12.0. The second-order valence-electron chi connectivity index (χ2n) is 6.22. The number of rotatable bonds is 6. The van der Waals surface area contributed by atoms with Gasteiger partial charge in [-0.15, -0.1) is 0 Å². The van der Waals surface area contributed by atoms with Gasteiger partial charge in [-0.3, -0.25) is 25.8 Å². The van der Waals surface area contributed by atoms with E-state index in [1.807, 2.05) is 0 Å². The first-order chi connectivity index (χ1) is 15.0. The van der Waals surface area contributed by atoms with E-state index in [1.165, 1.54) is 18.2 Å². The molecule has 0 aliphatic carbocycles. The molecule has 1 aliphatic rings. The molecule has 0 unspecified atom stereocenters. The molecule has 1 aliphatic heterocycles. The highest BCUT2D eigenvalue weighted by molar-refractivity contribution is 5.95. The molecule has 4 rings (SSSR count). The van der Waals surface area contributed by atoms with Crippen molar-refractivity contribution in [3.63, 3.8) is 0 Å². The van der Waals surface area contributed by atoms with Crippen molar-refractivity contribution in [2.45, 2.75) is 0 Å². The van der Waals surface area contributed by atoms with Gasteiger partial charge in [-0.05, 0) is 24.3 Å². The Hall–Kier alpha value is -4.48. The zero-order valence-electron chi connectivity index (χ0n) is 15.8. The lowest BCUT2D eigenvalue weighted by Crippen LogP contribution is -2.31. The minimum atomic E-state index is -0.827. The van der Waals surface area contributed by atoms with Crippen molar-refractivity contribution in [3.05, 3.63) is 70.3 Å². The van der Waals surface area contributed by atoms with Crippen LogP contribution in [-0.2, 0) is 0 Å². The number of hydrogen-bond donors (Lipinski definition) is 3. The van der Waals surface area contributed by atoms with E-state index in [0.29, 0.717) is 30.4 Å². The van der Waals surface area contributed by atoms with E-state index in [2.05, 4.69) is 26.1 Å². The maximum Gasteiger partial charge on any atom is 0.355 e. The lowest BCUT2D eigenvalue weighted by molar-refractivity contribution is -0.383. The largest absolute Gasteiger partial charge is 0.486 e. The molecule has 0 bridgehead atoms. The molecule has 2 aromatic carbocycles. The summed E-state index contributed by atoms with van der Waals surface area (Å²) in [6.45, 7) is 0.824. The van der Waals surface area contributed by atoms with E-state index in [0.717, 1.165) is 12.4 Å². The number of carbonyl (C=O) groups excluding carboxylic acids is 1. The minimum absolute atomic E-state index is 0.126. The maximum atomic E-state index is 13.7. The monoisotopic (exact) mass is 426 g/mol. The molecule has 0 spiro atoms. The molecule has 0 fully saturated rings. The summed E-state index contributed by atoms with van der Waals surface area (Å²) in [6, 6.07) is 10.2. The zero-order valence-corrected chi connectivity index (χ0v) is 15.8. The molecule has 11 nitrogen and oxygen atoms in total. The SMILES string of the molecule is O=C(NNc1ncnc(Nc2ccc3c(c2)OCCO3)c1[N+](=O)[O-])c1ccccc1F. The number of anilines is 3. The lowest BCUT2D eigenvalue weighted by Gasteiger charge is -2.19. The Bertz CT molecular complexity index is 1160. The van der Waals surface area contributed by atoms with E-state index >= 15 is 0 Å². The molecular formula is C19H15FN6O5. The molecule has 1 amide bonds. The lowest BCUT2D eigenvalue weighted by atomic mass is 10.2. The predicted octanol–water partition coefficient (Wildman–Crippen LogP) is 2.80. The highest BCUT2D eigenvalue weighted by Gasteiger charge is 2.24. The van der Waals surface area contributed by atoms with E-state index < -0.39 is 22.3 Å². The average Bonchev–Trinajstić information content (AvgIpc) is 2.77. The summed E-state index contributed by atoms with van der Waals surface area (Å²) in [5.74, 6) is -0.924. The van der Waals surface area contributed by atoms with E-state index in [4.69, 9.17) is 9.47 Å². The quantitative estimate of drug-likeness (QED) is 0.401. The van der Waals surface area contributed by atoms with Gasteiger partial charge >= 0.3 is 5.69 Å². The Balaban J connectivity index is 1.56. The van der Waals surface area contributed by atoms with Crippen LogP contribution in [0, 0.1) is 15.9 Å². The molecule has 31 heavy (non-hydrogen) atoms. The van der Waals surface area contributed by atoms with Gasteiger partial charge in [0, 0.05) is 11.8 Å². The number of hydrazine groups is 1. The van der Waals surface area contributed by atoms with Crippen LogP contribution in [0.4, 0.5) is 27.4 Å². The van der Waals surface area contributed by atoms with Crippen molar-refractivity contribution in [1.82, 2.24) is 15.4 Å². The van der Waals surface area contributed by atoms with Crippen LogP contribution < -0.4 is 25.6 Å². The number of halogens is 1. The van der Waals surface area contributed by atoms with Gasteiger partial charge in [-0.25, -0.2) is 14.4 Å². The molecule has 3 N–H and O–H groups in total. The second-order valence-corrected chi connectivity index (χ2v) is 6.22. The topological polar surface area (TPSA) is 141 Å². The van der Waals surface area contributed by atoms with Crippen LogP contribution in [0.5, 0.6) is 11.5 Å². The number of amides is 1. The van der Waals surface area contributed by atoms with Crippen molar-refractivity contribution in [3.8, 4) is 11.5 Å². The van der Waals surface area contributed by atoms with Gasteiger partial charge in [0.1, 0.15) is 25.4 Å². The van der Waals surface area contributed by atoms with Crippen LogP contribution in [0.2, 0.25) is 0 Å². The first-order valence-corrected chi connectivity index (χ1v) is 9.00. The molecule has 0 saturated heterocycles. The summed E-state index contributed by atoms with van der Waals surface area (Å²) >= 11 is 0. The average molecular weight is 426 g/mol. The maximum absolute atomic E-state index is 13.7. The second kappa shape index (κ2) is 8.49. The number of nitrogens with one attached hydrogen (secondary N) is 3. The van der Waals surface area contributed by atoms with Gasteiger partial charge in [0.25, 0.3) is 5.91 Å². The molecule has 0 atom stereocenters. The molecule has 1 aromatic heterocycles. The summed E-state index contributed by atoms with van der Waals surface area (Å²) in [5.41, 5.74) is 4.26. The van der Waals surface area contributed by atoms with Gasteiger partial charge in [-0.1, -0.05) is 12.1 Å². The Kier molecular flexibility index (Phi) is 5.43. The third-order valence-corrected chi connectivity index (χ3v) is 4.22. The Morgan fingerprint density at radius 2 is 1.81 bits per heavy atom. The standard InChI is InChI=1S/C19H15FN6O5/c20-13-4-2-1-3-12(13)19(27)25-24-18-16(26(28)29)17(21-10-22-18)23-11-5-6-14-15(9-11)31-8-7-30-14/h1-6,9-10H,7-8H2,(H,25,27)(H2,21,22,23,24). The van der Waals surface area contributed by atoms with Gasteiger partial charge in [0.15, 0.2) is 11.5 Å². The van der Waals surface area contributed by atoms with Gasteiger partial charge in [-0.2, -0.15) is 0 Å². The number of ether oxygens (including phenoxy) is 2. The molecule has 158 valence electrons. The van der Waals surface area contributed by atoms with Crippen molar-refractivity contribution < 1.29 is 23.6 Å². The fourth-order valence-electron chi connectivity index (χ4n) is 2.82. The third-order valence-electron chi connectivity index (χ3n) is 4.22. The summed E-state index contributed by atoms with van der Waals surface area (Å²) in [5, 5.41) is 14.5. The van der Waals surface area contributed by atoms with Crippen LogP contribution in [0.15, 0.2) is 48.8 Å². The molecule has 3 aromatic rings. The molecule has 0 radical (unpaired) electrons. The molecular weight excluding hydrogens is 411 g/mol. The third kappa shape index (κ3) is 4.27. The summed E-state index contributed by atoms with van der Waals surface area (Å²) in [6.07, 6.45) is 1.07. The van der Waals surface area contributed by atoms with E-state index in [1.54, 1.807) is 18.2 Å². The van der Waals surface area contributed by atoms with E-state index in [-0.39, 0.29) is 17.2 Å². The van der Waals surface area contributed by atoms with E-state index in [9.17, 15) is 19.3 Å². The number of aromatic nitrogens is 2. The number of hydrogen-bond acceptors (Lipinski definition) is 9. The molecule has 0 saturated carbocycles. The van der Waals surface area contributed by atoms with Crippen LogP contribution in [-0.4, -0.2) is 34.0 Å². The Labute approximate surface area is 174 Å². The first-order valence-electron chi connectivity index (χ1n) is 9.00. The number of nitro groups is 1. The number of carbonyl (C=O) groups is 1. The van der Waals surface area contributed by atoms with Crippen molar-refractivity contribution in [1.29, 1.82) is 0 Å². The highest BCUT2D eigenvalue weighted by Crippen LogP contribution is 2.36. The smallest absolute Gasteiger partial charge is 0.355 e. The zero-order chi connectivity index (χ0) is 21.8. The fourth-order valence-corrected chi connectivity index (χ4v) is 2.82. The summed E-state index contributed by atoms with van der Waals surface area (Å²) in [4.78, 5) is 30.8. The van der Waals surface area contributed by atoms with Gasteiger partial charge in [0.2, 0.25) is 11.6 Å². The highest BCUT2D eigenvalue weighted by atomic mass is 19.1. The number of fused-ring (bicyclic) bond motifs is 1.